The number of hydrogen-bond acceptors (Lipinski definition) is 5. The van der Waals surface area contributed by atoms with Crippen molar-refractivity contribution in [2.75, 3.05) is 46.5 Å². The second-order valence-electron chi connectivity index (χ2n) is 7.04. The van der Waals surface area contributed by atoms with Gasteiger partial charge in [-0.3, -0.25) is 0 Å². The molecule has 2 heterocycles. The smallest absolute Gasteiger partial charge is 0.243 e. The maximum atomic E-state index is 13.4. The zero-order chi connectivity index (χ0) is 18.4. The summed E-state index contributed by atoms with van der Waals surface area (Å²) in [5.74, 6) is 0.564. The minimum absolute atomic E-state index is 0.00439. The van der Waals surface area contributed by atoms with Gasteiger partial charge in [0.2, 0.25) is 10.0 Å². The van der Waals surface area contributed by atoms with Gasteiger partial charge in [-0.15, -0.1) is 0 Å². The van der Waals surface area contributed by atoms with Crippen LogP contribution in [0.25, 0.3) is 0 Å². The fourth-order valence-corrected chi connectivity index (χ4v) is 5.50. The van der Waals surface area contributed by atoms with Gasteiger partial charge in [0, 0.05) is 38.4 Å². The first kappa shape index (κ1) is 19.6. The van der Waals surface area contributed by atoms with Gasteiger partial charge in [-0.05, 0) is 50.9 Å². The quantitative estimate of drug-likeness (QED) is 0.724. The Bertz CT molecular complexity index is 668. The molecule has 1 aromatic carbocycles. The average molecular weight is 383 g/mol. The molecule has 0 radical (unpaired) electrons. The molecule has 0 saturated carbocycles. The molecule has 6 nitrogen and oxygen atoms in total. The molecule has 3 rings (SSSR count). The van der Waals surface area contributed by atoms with Gasteiger partial charge in [-0.2, -0.15) is 4.31 Å². The summed E-state index contributed by atoms with van der Waals surface area (Å²) < 4.78 is 39.1. The Balaban J connectivity index is 1.80. The van der Waals surface area contributed by atoms with Crippen LogP contribution in [-0.2, 0) is 14.8 Å². The Morgan fingerprint density at radius 3 is 2.62 bits per heavy atom. The van der Waals surface area contributed by atoms with Crippen molar-refractivity contribution in [3.63, 3.8) is 0 Å². The molecule has 0 amide bonds. The van der Waals surface area contributed by atoms with Crippen LogP contribution in [0.2, 0.25) is 0 Å². The lowest BCUT2D eigenvalue weighted by Gasteiger charge is -2.35. The monoisotopic (exact) mass is 382 g/mol. The summed E-state index contributed by atoms with van der Waals surface area (Å²) in [6.07, 6.45) is 5.20. The Kier molecular flexibility index (Phi) is 6.92. The van der Waals surface area contributed by atoms with Crippen molar-refractivity contribution in [3.8, 4) is 5.75 Å². The van der Waals surface area contributed by atoms with Crippen LogP contribution in [0.4, 0.5) is 0 Å². The molecule has 0 N–H and O–H groups in total. The van der Waals surface area contributed by atoms with Crippen molar-refractivity contribution in [3.05, 3.63) is 24.3 Å². The fraction of sp³-hybridized carbons (Fsp3) is 0.684. The molecule has 0 unspecified atom stereocenters. The minimum Gasteiger partial charge on any atom is -0.497 e. The third-order valence-corrected chi connectivity index (χ3v) is 7.28. The van der Waals surface area contributed by atoms with Gasteiger partial charge >= 0.3 is 0 Å². The highest BCUT2D eigenvalue weighted by Gasteiger charge is 2.33. The van der Waals surface area contributed by atoms with Gasteiger partial charge in [0.1, 0.15) is 5.75 Å². The normalized spacial score (nSPS) is 20.4. The molecule has 0 bridgehead atoms. The van der Waals surface area contributed by atoms with E-state index in [0.717, 1.165) is 32.5 Å². The molecule has 2 saturated heterocycles. The van der Waals surface area contributed by atoms with Gasteiger partial charge in [-0.25, -0.2) is 8.42 Å². The predicted molar refractivity (Wildman–Crippen MR) is 101 cm³/mol. The van der Waals surface area contributed by atoms with E-state index in [0.29, 0.717) is 30.4 Å². The van der Waals surface area contributed by atoms with Crippen LogP contribution in [0.5, 0.6) is 5.75 Å². The fourth-order valence-electron chi connectivity index (χ4n) is 3.79. The van der Waals surface area contributed by atoms with E-state index in [2.05, 4.69) is 4.90 Å². The minimum atomic E-state index is -3.56. The second-order valence-corrected chi connectivity index (χ2v) is 8.93. The van der Waals surface area contributed by atoms with Crippen LogP contribution in [-0.4, -0.2) is 70.2 Å². The lowest BCUT2D eigenvalue weighted by molar-refractivity contribution is 0.0557. The number of methoxy groups -OCH3 is 1. The number of sulfonamides is 1. The summed E-state index contributed by atoms with van der Waals surface area (Å²) in [5.41, 5.74) is 0. The van der Waals surface area contributed by atoms with E-state index in [1.165, 1.54) is 19.3 Å². The van der Waals surface area contributed by atoms with Crippen LogP contribution in [0, 0.1) is 0 Å². The van der Waals surface area contributed by atoms with Crippen molar-refractivity contribution in [2.45, 2.75) is 43.0 Å². The number of rotatable bonds is 7. The molecule has 0 aliphatic carbocycles. The van der Waals surface area contributed by atoms with Gasteiger partial charge in [0.25, 0.3) is 0 Å². The van der Waals surface area contributed by atoms with Crippen LogP contribution in [0.3, 0.4) is 0 Å². The summed E-state index contributed by atoms with van der Waals surface area (Å²) in [6.45, 7) is 4.71. The zero-order valence-electron chi connectivity index (χ0n) is 15.6. The van der Waals surface area contributed by atoms with Gasteiger partial charge in [0.15, 0.2) is 0 Å². The predicted octanol–water partition coefficient (Wildman–Crippen LogP) is 2.35. The van der Waals surface area contributed by atoms with Gasteiger partial charge in [0.05, 0.1) is 12.0 Å². The maximum Gasteiger partial charge on any atom is 0.243 e. The summed E-state index contributed by atoms with van der Waals surface area (Å²) in [4.78, 5) is 2.69. The Labute approximate surface area is 157 Å². The number of ether oxygens (including phenoxy) is 2. The lowest BCUT2D eigenvalue weighted by atomic mass is 10.1. The Morgan fingerprint density at radius 1 is 1.19 bits per heavy atom. The topological polar surface area (TPSA) is 59.1 Å². The van der Waals surface area contributed by atoms with Crippen LogP contribution < -0.4 is 4.74 Å². The molecule has 146 valence electrons. The lowest BCUT2D eigenvalue weighted by Crippen LogP contribution is -2.47. The molecule has 2 aliphatic heterocycles. The molecule has 2 aliphatic rings. The SMILES string of the molecule is COc1cccc(S(=O)(=O)N(CCN2CCCCC2)C2CCOCC2)c1. The van der Waals surface area contributed by atoms with Crippen molar-refractivity contribution in [2.24, 2.45) is 0 Å². The van der Waals surface area contributed by atoms with Gasteiger partial charge < -0.3 is 14.4 Å². The number of hydrogen-bond donors (Lipinski definition) is 0. The van der Waals surface area contributed by atoms with Crippen molar-refractivity contribution in [1.29, 1.82) is 0 Å². The highest BCUT2D eigenvalue weighted by molar-refractivity contribution is 7.89. The van der Waals surface area contributed by atoms with E-state index in [-0.39, 0.29) is 6.04 Å². The first-order chi connectivity index (χ1) is 12.6. The second kappa shape index (κ2) is 9.17. The summed E-state index contributed by atoms with van der Waals surface area (Å²) in [6, 6.07) is 6.78. The number of likely N-dealkylation sites (tertiary alicyclic amines) is 1. The largest absolute Gasteiger partial charge is 0.497 e. The van der Waals surface area contributed by atoms with Crippen molar-refractivity contribution >= 4 is 10.0 Å². The van der Waals surface area contributed by atoms with E-state index in [4.69, 9.17) is 9.47 Å². The van der Waals surface area contributed by atoms with E-state index < -0.39 is 10.0 Å². The summed E-state index contributed by atoms with van der Waals surface area (Å²) in [7, 11) is -2.01. The Morgan fingerprint density at radius 2 is 1.92 bits per heavy atom. The highest BCUT2D eigenvalue weighted by Crippen LogP contribution is 2.26. The number of benzene rings is 1. The van der Waals surface area contributed by atoms with Gasteiger partial charge in [-0.1, -0.05) is 12.5 Å². The van der Waals surface area contributed by atoms with Crippen LogP contribution in [0.1, 0.15) is 32.1 Å². The van der Waals surface area contributed by atoms with E-state index in [1.807, 2.05) is 0 Å². The highest BCUT2D eigenvalue weighted by atomic mass is 32.2. The van der Waals surface area contributed by atoms with Crippen LogP contribution >= 0.6 is 0 Å². The molecule has 2 fully saturated rings. The number of piperidine rings is 1. The summed E-state index contributed by atoms with van der Waals surface area (Å²) >= 11 is 0. The van der Waals surface area contributed by atoms with Crippen molar-refractivity contribution < 1.29 is 17.9 Å². The molecule has 0 aromatic heterocycles. The summed E-state index contributed by atoms with van der Waals surface area (Å²) in [5, 5.41) is 0. The van der Waals surface area contributed by atoms with E-state index >= 15 is 0 Å². The standard InChI is InChI=1S/C19H30N2O4S/c1-24-18-6-5-7-19(16-18)26(22,23)21(17-8-14-25-15-9-17)13-12-20-10-3-2-4-11-20/h5-7,16-17H,2-4,8-15H2,1H3. The van der Waals surface area contributed by atoms with E-state index in [1.54, 1.807) is 35.7 Å². The zero-order valence-corrected chi connectivity index (χ0v) is 16.4. The molecular weight excluding hydrogens is 352 g/mol. The molecule has 1 aromatic rings. The molecule has 7 heteroatoms. The molecule has 0 atom stereocenters. The molecule has 0 spiro atoms. The Hall–Kier alpha value is -1.15. The van der Waals surface area contributed by atoms with Crippen molar-refractivity contribution in [1.82, 2.24) is 9.21 Å². The average Bonchev–Trinajstić information content (AvgIpc) is 2.69. The van der Waals surface area contributed by atoms with E-state index in [9.17, 15) is 8.42 Å². The molecule has 26 heavy (non-hydrogen) atoms. The third-order valence-electron chi connectivity index (χ3n) is 5.33. The molecular formula is C19H30N2O4S. The van der Waals surface area contributed by atoms with Crippen LogP contribution in [0.15, 0.2) is 29.2 Å². The third kappa shape index (κ3) is 4.76. The number of nitrogens with zero attached hydrogens (tertiary/aromatic N) is 2. The first-order valence-electron chi connectivity index (χ1n) is 9.57. The maximum absolute atomic E-state index is 13.4. The first-order valence-corrected chi connectivity index (χ1v) is 11.0.